The van der Waals surface area contributed by atoms with Crippen molar-refractivity contribution in [3.8, 4) is 0 Å². The molecule has 0 aromatic carbocycles. The molecule has 2 aromatic rings. The van der Waals surface area contributed by atoms with E-state index in [9.17, 15) is 5.11 Å². The van der Waals surface area contributed by atoms with Crippen molar-refractivity contribution in [2.24, 2.45) is 0 Å². The Hall–Kier alpha value is -0.930. The summed E-state index contributed by atoms with van der Waals surface area (Å²) >= 11 is 1.72. The van der Waals surface area contributed by atoms with Gasteiger partial charge in [0.2, 0.25) is 0 Å². The molecule has 0 amide bonds. The van der Waals surface area contributed by atoms with Gasteiger partial charge in [0.15, 0.2) is 0 Å². The number of aliphatic hydroxyl groups excluding tert-OH is 1. The van der Waals surface area contributed by atoms with Crippen molar-refractivity contribution in [3.63, 3.8) is 0 Å². The molecule has 1 N–H and O–H groups in total. The van der Waals surface area contributed by atoms with Crippen LogP contribution in [0.4, 0.5) is 0 Å². The Bertz CT molecular complexity index is 438. The average molecular weight is 221 g/mol. The minimum absolute atomic E-state index is 0.256. The van der Waals surface area contributed by atoms with Crippen LogP contribution in [0.2, 0.25) is 0 Å². The third kappa shape index (κ3) is 2.36. The van der Waals surface area contributed by atoms with Crippen LogP contribution in [-0.2, 0) is 6.42 Å². The molecule has 0 spiro atoms. The van der Waals surface area contributed by atoms with Gasteiger partial charge in [0, 0.05) is 22.7 Å². The van der Waals surface area contributed by atoms with E-state index in [0.717, 1.165) is 18.5 Å². The molecule has 0 saturated carbocycles. The third-order valence-corrected chi connectivity index (χ3v) is 3.40. The van der Waals surface area contributed by atoms with Crippen molar-refractivity contribution in [1.29, 1.82) is 0 Å². The van der Waals surface area contributed by atoms with Crippen LogP contribution in [0, 0.1) is 0 Å². The van der Waals surface area contributed by atoms with Crippen molar-refractivity contribution in [2.75, 3.05) is 0 Å². The van der Waals surface area contributed by atoms with Crippen molar-refractivity contribution < 1.29 is 5.11 Å². The van der Waals surface area contributed by atoms with Crippen LogP contribution in [0.3, 0.4) is 0 Å². The number of fused-ring (bicyclic) bond motifs is 1. The fourth-order valence-electron chi connectivity index (χ4n) is 1.77. The van der Waals surface area contributed by atoms with E-state index >= 15 is 0 Å². The first-order chi connectivity index (χ1) is 7.31. The first-order valence-corrected chi connectivity index (χ1v) is 6.18. The lowest BCUT2D eigenvalue weighted by molar-refractivity contribution is 0.163. The molecule has 80 valence electrons. The molecule has 1 atom stereocenters. The molecule has 0 saturated heterocycles. The summed E-state index contributed by atoms with van der Waals surface area (Å²) in [5, 5.41) is 13.0. The molecular formula is C12H15NOS. The second-order valence-corrected chi connectivity index (χ2v) is 4.68. The fourth-order valence-corrected chi connectivity index (χ4v) is 2.58. The summed E-state index contributed by atoms with van der Waals surface area (Å²) in [7, 11) is 0. The van der Waals surface area contributed by atoms with Crippen molar-refractivity contribution in [3.05, 3.63) is 29.4 Å². The molecule has 0 radical (unpaired) electrons. The van der Waals surface area contributed by atoms with Gasteiger partial charge in [-0.05, 0) is 23.9 Å². The first-order valence-electron chi connectivity index (χ1n) is 5.30. The zero-order chi connectivity index (χ0) is 10.7. The van der Waals surface area contributed by atoms with Gasteiger partial charge < -0.3 is 5.11 Å². The molecule has 0 aliphatic rings. The van der Waals surface area contributed by atoms with Gasteiger partial charge in [-0.2, -0.15) is 0 Å². The van der Waals surface area contributed by atoms with E-state index in [4.69, 9.17) is 0 Å². The molecule has 2 rings (SSSR count). The molecule has 0 aliphatic heterocycles. The van der Waals surface area contributed by atoms with E-state index in [1.165, 1.54) is 10.1 Å². The smallest absolute Gasteiger partial charge is 0.0595 e. The summed E-state index contributed by atoms with van der Waals surface area (Å²) < 4.78 is 1.25. The summed E-state index contributed by atoms with van der Waals surface area (Å²) in [6.45, 7) is 2.09. The molecule has 15 heavy (non-hydrogen) atoms. The van der Waals surface area contributed by atoms with Gasteiger partial charge in [0.1, 0.15) is 0 Å². The van der Waals surface area contributed by atoms with Crippen LogP contribution in [0.15, 0.2) is 23.7 Å². The number of nitrogens with zero attached hydrogens (tertiary/aromatic N) is 1. The Morgan fingerprint density at radius 3 is 3.13 bits per heavy atom. The van der Waals surface area contributed by atoms with E-state index in [1.54, 1.807) is 11.3 Å². The molecule has 1 unspecified atom stereocenters. The lowest BCUT2D eigenvalue weighted by Gasteiger charge is -2.08. The van der Waals surface area contributed by atoms with Crippen LogP contribution in [0.25, 0.3) is 10.1 Å². The zero-order valence-corrected chi connectivity index (χ0v) is 9.63. The minimum Gasteiger partial charge on any atom is -0.393 e. The number of rotatable bonds is 4. The van der Waals surface area contributed by atoms with Gasteiger partial charge >= 0.3 is 0 Å². The number of pyridine rings is 1. The van der Waals surface area contributed by atoms with Crippen molar-refractivity contribution >= 4 is 21.4 Å². The number of aliphatic hydroxyl groups is 1. The minimum atomic E-state index is -0.256. The third-order valence-electron chi connectivity index (χ3n) is 2.51. The summed E-state index contributed by atoms with van der Waals surface area (Å²) in [4.78, 5) is 4.35. The van der Waals surface area contributed by atoms with Gasteiger partial charge in [0.05, 0.1) is 11.8 Å². The molecule has 2 heterocycles. The molecule has 3 heteroatoms. The number of thiophene rings is 1. The summed E-state index contributed by atoms with van der Waals surface area (Å²) in [6.07, 6.45) is 4.10. The highest BCUT2D eigenvalue weighted by Crippen LogP contribution is 2.23. The topological polar surface area (TPSA) is 33.1 Å². The molecule has 0 aliphatic carbocycles. The predicted molar refractivity (Wildman–Crippen MR) is 64.2 cm³/mol. The maximum Gasteiger partial charge on any atom is 0.0595 e. The van der Waals surface area contributed by atoms with Crippen LogP contribution in [-0.4, -0.2) is 16.2 Å². The highest BCUT2D eigenvalue weighted by atomic mass is 32.1. The van der Waals surface area contributed by atoms with Gasteiger partial charge in [-0.15, -0.1) is 11.3 Å². The SMILES string of the molecule is CCCC(O)Cc1nccc2sccc12. The molecular weight excluding hydrogens is 206 g/mol. The highest BCUT2D eigenvalue weighted by Gasteiger charge is 2.09. The van der Waals surface area contributed by atoms with Crippen LogP contribution in [0.5, 0.6) is 0 Å². The quantitative estimate of drug-likeness (QED) is 0.861. The standard InChI is InChI=1S/C12H15NOS/c1-2-3-9(14)8-11-10-5-7-15-12(10)4-6-13-11/h4-7,9,14H,2-3,8H2,1H3. The van der Waals surface area contributed by atoms with E-state index in [1.807, 2.05) is 12.3 Å². The summed E-state index contributed by atoms with van der Waals surface area (Å²) in [5.74, 6) is 0. The number of aromatic nitrogens is 1. The monoisotopic (exact) mass is 221 g/mol. The maximum absolute atomic E-state index is 9.76. The highest BCUT2D eigenvalue weighted by molar-refractivity contribution is 7.17. The fraction of sp³-hybridized carbons (Fsp3) is 0.417. The zero-order valence-electron chi connectivity index (χ0n) is 8.81. The maximum atomic E-state index is 9.76. The average Bonchev–Trinajstić information content (AvgIpc) is 2.67. The summed E-state index contributed by atoms with van der Waals surface area (Å²) in [6, 6.07) is 4.11. The lowest BCUT2D eigenvalue weighted by atomic mass is 10.1. The summed E-state index contributed by atoms with van der Waals surface area (Å²) in [5.41, 5.74) is 1.02. The van der Waals surface area contributed by atoms with Gasteiger partial charge in [-0.1, -0.05) is 13.3 Å². The molecule has 2 nitrogen and oxygen atoms in total. The Morgan fingerprint density at radius 1 is 1.47 bits per heavy atom. The number of hydrogen-bond acceptors (Lipinski definition) is 3. The Kier molecular flexibility index (Phi) is 3.34. The predicted octanol–water partition coefficient (Wildman–Crippen LogP) is 3.00. The molecule has 0 bridgehead atoms. The molecule has 0 fully saturated rings. The second kappa shape index (κ2) is 4.73. The Labute approximate surface area is 93.6 Å². The van der Waals surface area contributed by atoms with Crippen LogP contribution < -0.4 is 0 Å². The Morgan fingerprint density at radius 2 is 2.33 bits per heavy atom. The van der Waals surface area contributed by atoms with Crippen molar-refractivity contribution in [1.82, 2.24) is 4.98 Å². The van der Waals surface area contributed by atoms with Crippen LogP contribution >= 0.6 is 11.3 Å². The van der Waals surface area contributed by atoms with E-state index < -0.39 is 0 Å². The van der Waals surface area contributed by atoms with Gasteiger partial charge in [-0.25, -0.2) is 0 Å². The van der Waals surface area contributed by atoms with E-state index in [2.05, 4.69) is 23.4 Å². The Balaban J connectivity index is 2.23. The van der Waals surface area contributed by atoms with E-state index in [-0.39, 0.29) is 6.10 Å². The largest absolute Gasteiger partial charge is 0.393 e. The van der Waals surface area contributed by atoms with Crippen molar-refractivity contribution in [2.45, 2.75) is 32.3 Å². The second-order valence-electron chi connectivity index (χ2n) is 3.74. The normalized spacial score (nSPS) is 13.2. The van der Waals surface area contributed by atoms with Gasteiger partial charge in [-0.3, -0.25) is 4.98 Å². The van der Waals surface area contributed by atoms with E-state index in [0.29, 0.717) is 6.42 Å². The number of hydrogen-bond donors (Lipinski definition) is 1. The lowest BCUT2D eigenvalue weighted by Crippen LogP contribution is -2.10. The van der Waals surface area contributed by atoms with Gasteiger partial charge in [0.25, 0.3) is 0 Å². The molecule has 2 aromatic heterocycles. The first kappa shape index (κ1) is 10.6. The van der Waals surface area contributed by atoms with Crippen LogP contribution in [0.1, 0.15) is 25.5 Å².